The molecule has 0 aromatic rings. The van der Waals surface area contributed by atoms with Crippen LogP contribution in [0.4, 0.5) is 0 Å². The van der Waals surface area contributed by atoms with E-state index in [2.05, 4.69) is 27.7 Å². The third kappa shape index (κ3) is 3.46. The summed E-state index contributed by atoms with van der Waals surface area (Å²) in [4.78, 5) is 0. The third-order valence-electron chi connectivity index (χ3n) is 4.39. The molecular weight excluding hydrogens is 198 g/mol. The van der Waals surface area contributed by atoms with Crippen LogP contribution in [0, 0.1) is 17.3 Å². The number of rotatable bonds is 3. The molecule has 1 rings (SSSR count). The first kappa shape index (κ1) is 14.0. The number of aliphatic hydroxyl groups excluding tert-OH is 1. The summed E-state index contributed by atoms with van der Waals surface area (Å²) in [6, 6.07) is -0.0313. The highest BCUT2D eigenvalue weighted by atomic mass is 16.3. The van der Waals surface area contributed by atoms with E-state index in [1.54, 1.807) is 0 Å². The van der Waals surface area contributed by atoms with Gasteiger partial charge in [0.1, 0.15) is 0 Å². The van der Waals surface area contributed by atoms with Crippen molar-refractivity contribution < 1.29 is 5.11 Å². The Morgan fingerprint density at radius 1 is 1.19 bits per heavy atom. The van der Waals surface area contributed by atoms with Crippen LogP contribution in [0.15, 0.2) is 0 Å². The largest absolute Gasteiger partial charge is 0.391 e. The zero-order valence-electron chi connectivity index (χ0n) is 11.4. The van der Waals surface area contributed by atoms with Gasteiger partial charge in [-0.3, -0.25) is 0 Å². The summed E-state index contributed by atoms with van der Waals surface area (Å²) in [7, 11) is 0. The lowest BCUT2D eigenvalue weighted by Crippen LogP contribution is -2.41. The Balaban J connectivity index is 2.43. The fourth-order valence-electron chi connectivity index (χ4n) is 2.92. The Bertz CT molecular complexity index is 201. The molecule has 3 N–H and O–H groups in total. The van der Waals surface area contributed by atoms with Crippen LogP contribution in [0.2, 0.25) is 0 Å². The Morgan fingerprint density at radius 2 is 1.69 bits per heavy atom. The summed E-state index contributed by atoms with van der Waals surface area (Å²) >= 11 is 0. The van der Waals surface area contributed by atoms with E-state index in [4.69, 9.17) is 5.73 Å². The summed E-state index contributed by atoms with van der Waals surface area (Å²) in [5.74, 6) is 1.25. The van der Waals surface area contributed by atoms with Crippen LogP contribution in [-0.2, 0) is 0 Å². The van der Waals surface area contributed by atoms with E-state index < -0.39 is 0 Å². The quantitative estimate of drug-likeness (QED) is 0.778. The lowest BCUT2D eigenvalue weighted by molar-refractivity contribution is 0.0363. The molecule has 2 unspecified atom stereocenters. The zero-order valence-corrected chi connectivity index (χ0v) is 11.4. The average molecular weight is 227 g/mol. The van der Waals surface area contributed by atoms with Crippen molar-refractivity contribution in [1.29, 1.82) is 0 Å². The first-order chi connectivity index (χ1) is 7.36. The Kier molecular flexibility index (Phi) is 4.81. The van der Waals surface area contributed by atoms with Gasteiger partial charge in [0.05, 0.1) is 6.10 Å². The maximum atomic E-state index is 10.1. The predicted octanol–water partition coefficient (Wildman–Crippen LogP) is 2.94. The van der Waals surface area contributed by atoms with Crippen molar-refractivity contribution in [3.63, 3.8) is 0 Å². The van der Waals surface area contributed by atoms with E-state index in [9.17, 15) is 5.11 Å². The van der Waals surface area contributed by atoms with Gasteiger partial charge >= 0.3 is 0 Å². The summed E-state index contributed by atoms with van der Waals surface area (Å²) in [6.07, 6.45) is 5.39. The van der Waals surface area contributed by atoms with Crippen LogP contribution >= 0.6 is 0 Å². The topological polar surface area (TPSA) is 46.2 Å². The Labute approximate surface area is 101 Å². The second kappa shape index (κ2) is 5.50. The van der Waals surface area contributed by atoms with Crippen LogP contribution in [0.25, 0.3) is 0 Å². The summed E-state index contributed by atoms with van der Waals surface area (Å²) in [5.41, 5.74) is 6.34. The highest BCUT2D eigenvalue weighted by Gasteiger charge is 2.33. The Hall–Kier alpha value is -0.0800. The molecule has 0 bridgehead atoms. The fourth-order valence-corrected chi connectivity index (χ4v) is 2.92. The smallest absolute Gasteiger partial charge is 0.0719 e. The highest BCUT2D eigenvalue weighted by molar-refractivity contribution is 4.86. The van der Waals surface area contributed by atoms with Crippen molar-refractivity contribution in [3.8, 4) is 0 Å². The van der Waals surface area contributed by atoms with Crippen molar-refractivity contribution in [2.75, 3.05) is 0 Å². The lowest BCUT2D eigenvalue weighted by Gasteiger charge is -2.39. The lowest BCUT2D eigenvalue weighted by atomic mass is 9.68. The summed E-state index contributed by atoms with van der Waals surface area (Å²) < 4.78 is 0. The molecule has 0 radical (unpaired) electrons. The van der Waals surface area contributed by atoms with Gasteiger partial charge in [-0.1, -0.05) is 27.7 Å². The molecule has 2 heteroatoms. The second-order valence-electron chi connectivity index (χ2n) is 6.54. The molecule has 0 aliphatic heterocycles. The minimum absolute atomic E-state index is 0.0313. The molecule has 1 fully saturated rings. The van der Waals surface area contributed by atoms with Crippen molar-refractivity contribution in [2.45, 2.75) is 71.9 Å². The van der Waals surface area contributed by atoms with Gasteiger partial charge in [-0.05, 0) is 49.4 Å². The number of aliphatic hydroxyl groups is 1. The molecule has 1 aliphatic carbocycles. The van der Waals surface area contributed by atoms with E-state index in [1.807, 2.05) is 0 Å². The molecule has 0 aromatic carbocycles. The number of hydrogen-bond acceptors (Lipinski definition) is 2. The normalized spacial score (nSPS) is 31.1. The van der Waals surface area contributed by atoms with Crippen LogP contribution in [0.1, 0.15) is 59.8 Å². The molecule has 96 valence electrons. The molecule has 2 atom stereocenters. The molecule has 2 nitrogen and oxygen atoms in total. The van der Waals surface area contributed by atoms with E-state index in [1.165, 1.54) is 12.8 Å². The SMILES string of the molecule is CCC(N)C(O)C1CCC(C(C)(C)C)CC1. The molecule has 0 saturated heterocycles. The summed E-state index contributed by atoms with van der Waals surface area (Å²) in [6.45, 7) is 9.03. The van der Waals surface area contributed by atoms with E-state index >= 15 is 0 Å². The first-order valence-electron chi connectivity index (χ1n) is 6.80. The third-order valence-corrected chi connectivity index (χ3v) is 4.39. The standard InChI is InChI=1S/C14H29NO/c1-5-12(15)13(16)10-6-8-11(9-7-10)14(2,3)4/h10-13,16H,5-9,15H2,1-4H3. The maximum Gasteiger partial charge on any atom is 0.0719 e. The van der Waals surface area contributed by atoms with Crippen molar-refractivity contribution >= 4 is 0 Å². The first-order valence-corrected chi connectivity index (χ1v) is 6.80. The molecule has 0 spiro atoms. The van der Waals surface area contributed by atoms with E-state index in [-0.39, 0.29) is 12.1 Å². The molecule has 0 amide bonds. The van der Waals surface area contributed by atoms with Crippen LogP contribution in [0.3, 0.4) is 0 Å². The average Bonchev–Trinajstić information content (AvgIpc) is 2.26. The van der Waals surface area contributed by atoms with Crippen molar-refractivity contribution in [1.82, 2.24) is 0 Å². The summed E-state index contributed by atoms with van der Waals surface area (Å²) in [5, 5.41) is 10.1. The van der Waals surface area contributed by atoms with Gasteiger partial charge in [0, 0.05) is 6.04 Å². The van der Waals surface area contributed by atoms with E-state index in [0.29, 0.717) is 11.3 Å². The van der Waals surface area contributed by atoms with E-state index in [0.717, 1.165) is 25.2 Å². The minimum Gasteiger partial charge on any atom is -0.391 e. The van der Waals surface area contributed by atoms with Gasteiger partial charge in [-0.25, -0.2) is 0 Å². The fraction of sp³-hybridized carbons (Fsp3) is 1.00. The highest BCUT2D eigenvalue weighted by Crippen LogP contribution is 2.40. The van der Waals surface area contributed by atoms with Crippen molar-refractivity contribution in [2.24, 2.45) is 23.0 Å². The molecule has 16 heavy (non-hydrogen) atoms. The maximum absolute atomic E-state index is 10.1. The molecule has 1 aliphatic rings. The van der Waals surface area contributed by atoms with Gasteiger partial charge in [0.2, 0.25) is 0 Å². The monoisotopic (exact) mass is 227 g/mol. The number of nitrogens with two attached hydrogens (primary N) is 1. The van der Waals surface area contributed by atoms with Gasteiger partial charge in [-0.15, -0.1) is 0 Å². The zero-order chi connectivity index (χ0) is 12.3. The second-order valence-corrected chi connectivity index (χ2v) is 6.54. The molecule has 0 aromatic heterocycles. The van der Waals surface area contributed by atoms with Gasteiger partial charge in [0.25, 0.3) is 0 Å². The Morgan fingerprint density at radius 3 is 2.06 bits per heavy atom. The molecule has 1 saturated carbocycles. The molecule has 0 heterocycles. The van der Waals surface area contributed by atoms with Crippen molar-refractivity contribution in [3.05, 3.63) is 0 Å². The predicted molar refractivity (Wildman–Crippen MR) is 69.2 cm³/mol. The minimum atomic E-state index is -0.286. The van der Waals surface area contributed by atoms with Crippen LogP contribution in [0.5, 0.6) is 0 Å². The van der Waals surface area contributed by atoms with Crippen LogP contribution < -0.4 is 5.73 Å². The number of hydrogen-bond donors (Lipinski definition) is 2. The van der Waals surface area contributed by atoms with Gasteiger partial charge in [-0.2, -0.15) is 0 Å². The van der Waals surface area contributed by atoms with Crippen LogP contribution in [-0.4, -0.2) is 17.3 Å². The van der Waals surface area contributed by atoms with Gasteiger partial charge in [0.15, 0.2) is 0 Å². The van der Waals surface area contributed by atoms with Gasteiger partial charge < -0.3 is 10.8 Å². The molecular formula is C14H29NO.